The summed E-state index contributed by atoms with van der Waals surface area (Å²) in [5.41, 5.74) is 1.25. The molecule has 2 aromatic rings. The van der Waals surface area contributed by atoms with Crippen molar-refractivity contribution in [1.82, 2.24) is 9.97 Å². The van der Waals surface area contributed by atoms with Crippen LogP contribution in [0.15, 0.2) is 36.7 Å². The topological polar surface area (TPSA) is 73.4 Å². The molecule has 31 heavy (non-hydrogen) atoms. The molecule has 0 aromatic carbocycles. The molecule has 2 aliphatic rings. The highest BCUT2D eigenvalue weighted by molar-refractivity contribution is 6.03. The van der Waals surface area contributed by atoms with Gasteiger partial charge in [-0.05, 0) is 49.9 Å². The van der Waals surface area contributed by atoms with Gasteiger partial charge in [0, 0.05) is 32.4 Å². The van der Waals surface area contributed by atoms with Crippen molar-refractivity contribution in [3.63, 3.8) is 0 Å². The normalized spacial score (nSPS) is 19.6. The first kappa shape index (κ1) is 21.2. The minimum Gasteiger partial charge on any atom is -0.382 e. The number of piperidine rings is 1. The van der Waals surface area contributed by atoms with Crippen LogP contribution in [0.3, 0.4) is 0 Å². The molecule has 2 aromatic heterocycles. The Balaban J connectivity index is 1.61. The third kappa shape index (κ3) is 5.00. The Hall–Kier alpha value is -3.04. The average molecular weight is 434 g/mol. The van der Waals surface area contributed by atoms with E-state index < -0.39 is 12.1 Å². The Morgan fingerprint density at radius 3 is 2.81 bits per heavy atom. The van der Waals surface area contributed by atoms with Crippen LogP contribution in [0, 0.1) is 5.92 Å². The number of halogens is 3. The molecule has 10 heteroatoms. The van der Waals surface area contributed by atoms with Crippen LogP contribution in [0.25, 0.3) is 0 Å². The number of hydrogen-bond acceptors (Lipinski definition) is 5. The molecule has 1 atom stereocenters. The summed E-state index contributed by atoms with van der Waals surface area (Å²) in [4.78, 5) is 24.9. The number of hydrogen-bond donors (Lipinski definition) is 2. The standard InChI is InChI=1S/C21H25F3N6O/c22-21(23,24)15-5-4-11-29(14-15)18-8-7-17-19(28-18)30(12-2-1-10-26-17)20(31)27-16-6-3-9-25-13-16/h3,6-9,13,15,26H,1-2,4-5,10-12,14H2,(H,27,31). The molecule has 1 unspecified atom stereocenters. The predicted octanol–water partition coefficient (Wildman–Crippen LogP) is 4.50. The van der Waals surface area contributed by atoms with Crippen LogP contribution in [0.1, 0.15) is 25.7 Å². The number of anilines is 4. The van der Waals surface area contributed by atoms with Crippen LogP contribution in [0.2, 0.25) is 0 Å². The number of nitrogens with zero attached hydrogens (tertiary/aromatic N) is 4. The smallest absolute Gasteiger partial charge is 0.382 e. The second-order valence-corrected chi connectivity index (χ2v) is 7.82. The molecule has 2 N–H and O–H groups in total. The quantitative estimate of drug-likeness (QED) is 0.728. The number of rotatable bonds is 2. The van der Waals surface area contributed by atoms with Crippen molar-refractivity contribution in [1.29, 1.82) is 0 Å². The largest absolute Gasteiger partial charge is 0.393 e. The van der Waals surface area contributed by atoms with Crippen LogP contribution in [-0.4, -0.2) is 48.4 Å². The van der Waals surface area contributed by atoms with E-state index in [1.807, 2.05) is 0 Å². The molecular weight excluding hydrogens is 409 g/mol. The molecule has 4 heterocycles. The van der Waals surface area contributed by atoms with Gasteiger partial charge in [-0.2, -0.15) is 13.2 Å². The summed E-state index contributed by atoms with van der Waals surface area (Å²) in [6.45, 7) is 1.59. The van der Waals surface area contributed by atoms with Crippen LogP contribution >= 0.6 is 0 Å². The molecule has 2 aliphatic heterocycles. The Bertz CT molecular complexity index is 908. The van der Waals surface area contributed by atoms with E-state index in [1.165, 1.54) is 0 Å². The molecule has 1 saturated heterocycles. The molecule has 0 radical (unpaired) electrons. The summed E-state index contributed by atoms with van der Waals surface area (Å²) in [6.07, 6.45) is 1.19. The number of aromatic nitrogens is 2. The highest BCUT2D eigenvalue weighted by Crippen LogP contribution is 2.36. The molecule has 166 valence electrons. The number of amides is 2. The van der Waals surface area contributed by atoms with Crippen molar-refractivity contribution < 1.29 is 18.0 Å². The number of urea groups is 1. The Morgan fingerprint density at radius 1 is 1.16 bits per heavy atom. The van der Waals surface area contributed by atoms with Gasteiger partial charge in [0.2, 0.25) is 0 Å². The van der Waals surface area contributed by atoms with Gasteiger partial charge in [-0.15, -0.1) is 0 Å². The van der Waals surface area contributed by atoms with Crippen molar-refractivity contribution in [3.05, 3.63) is 36.7 Å². The number of nitrogens with one attached hydrogen (secondary N) is 2. The highest BCUT2D eigenvalue weighted by atomic mass is 19.4. The number of pyridine rings is 2. The van der Waals surface area contributed by atoms with E-state index in [1.54, 1.807) is 46.5 Å². The van der Waals surface area contributed by atoms with Crippen LogP contribution in [0.5, 0.6) is 0 Å². The van der Waals surface area contributed by atoms with Gasteiger partial charge in [-0.1, -0.05) is 0 Å². The summed E-state index contributed by atoms with van der Waals surface area (Å²) in [5.74, 6) is -0.491. The van der Waals surface area contributed by atoms with E-state index in [9.17, 15) is 18.0 Å². The molecule has 0 bridgehead atoms. The number of carbonyl (C=O) groups excluding carboxylic acids is 1. The van der Waals surface area contributed by atoms with Gasteiger partial charge < -0.3 is 15.5 Å². The Kier molecular flexibility index (Phi) is 6.15. The highest BCUT2D eigenvalue weighted by Gasteiger charge is 2.42. The molecule has 4 rings (SSSR count). The summed E-state index contributed by atoms with van der Waals surface area (Å²) < 4.78 is 39.8. The Labute approximate surface area is 178 Å². The third-order valence-electron chi connectivity index (χ3n) is 5.61. The van der Waals surface area contributed by atoms with Crippen LogP contribution < -0.4 is 20.4 Å². The average Bonchev–Trinajstić information content (AvgIpc) is 2.74. The zero-order valence-electron chi connectivity index (χ0n) is 17.0. The monoisotopic (exact) mass is 434 g/mol. The maximum Gasteiger partial charge on any atom is 0.393 e. The third-order valence-corrected chi connectivity index (χ3v) is 5.61. The van der Waals surface area contributed by atoms with Crippen LogP contribution in [0.4, 0.5) is 41.0 Å². The first-order valence-electron chi connectivity index (χ1n) is 10.5. The van der Waals surface area contributed by atoms with E-state index >= 15 is 0 Å². The summed E-state index contributed by atoms with van der Waals surface area (Å²) >= 11 is 0. The molecule has 1 fully saturated rings. The fourth-order valence-electron chi connectivity index (χ4n) is 3.96. The van der Waals surface area contributed by atoms with E-state index in [-0.39, 0.29) is 19.0 Å². The summed E-state index contributed by atoms with van der Waals surface area (Å²) in [7, 11) is 0. The van der Waals surface area contributed by atoms with Gasteiger partial charge in [0.15, 0.2) is 5.82 Å². The SMILES string of the molecule is O=C(Nc1cccnc1)N1CCCCNc2ccc(N3CCCC(C(F)(F)F)C3)nc21. The van der Waals surface area contributed by atoms with Crippen molar-refractivity contribution in [2.75, 3.05) is 46.6 Å². The minimum absolute atomic E-state index is 0.120. The van der Waals surface area contributed by atoms with Gasteiger partial charge in [-0.25, -0.2) is 9.78 Å². The zero-order chi connectivity index (χ0) is 21.8. The molecular formula is C21H25F3N6O. The van der Waals surface area contributed by atoms with Gasteiger partial charge in [0.1, 0.15) is 5.82 Å². The first-order chi connectivity index (χ1) is 14.9. The number of fused-ring (bicyclic) bond motifs is 1. The number of carbonyl (C=O) groups is 1. The fourth-order valence-corrected chi connectivity index (χ4v) is 3.96. The minimum atomic E-state index is -4.22. The molecule has 2 amide bonds. The van der Waals surface area contributed by atoms with Crippen LogP contribution in [-0.2, 0) is 0 Å². The summed E-state index contributed by atoms with van der Waals surface area (Å²) in [5, 5.41) is 6.10. The van der Waals surface area contributed by atoms with E-state index in [2.05, 4.69) is 20.6 Å². The second kappa shape index (κ2) is 8.99. The predicted molar refractivity (Wildman–Crippen MR) is 114 cm³/mol. The van der Waals surface area contributed by atoms with Crippen molar-refractivity contribution in [2.24, 2.45) is 5.92 Å². The van der Waals surface area contributed by atoms with E-state index in [0.29, 0.717) is 42.5 Å². The van der Waals surface area contributed by atoms with Crippen molar-refractivity contribution in [2.45, 2.75) is 31.9 Å². The lowest BCUT2D eigenvalue weighted by molar-refractivity contribution is -0.176. The van der Waals surface area contributed by atoms with Gasteiger partial charge in [0.05, 0.1) is 23.5 Å². The lowest BCUT2D eigenvalue weighted by atomic mass is 9.97. The van der Waals surface area contributed by atoms with Crippen molar-refractivity contribution in [3.8, 4) is 0 Å². The van der Waals surface area contributed by atoms with Gasteiger partial charge in [-0.3, -0.25) is 9.88 Å². The second-order valence-electron chi connectivity index (χ2n) is 7.82. The lowest BCUT2D eigenvalue weighted by Gasteiger charge is -2.35. The van der Waals surface area contributed by atoms with E-state index in [4.69, 9.17) is 0 Å². The molecule has 0 saturated carbocycles. The first-order valence-corrected chi connectivity index (χ1v) is 10.5. The fraction of sp³-hybridized carbons (Fsp3) is 0.476. The van der Waals surface area contributed by atoms with Crippen molar-refractivity contribution >= 4 is 29.0 Å². The molecule has 0 spiro atoms. The molecule has 7 nitrogen and oxygen atoms in total. The summed E-state index contributed by atoms with van der Waals surface area (Å²) in [6, 6.07) is 6.63. The zero-order valence-corrected chi connectivity index (χ0v) is 17.0. The molecule has 0 aliphatic carbocycles. The van der Waals surface area contributed by atoms with Gasteiger partial charge >= 0.3 is 12.2 Å². The van der Waals surface area contributed by atoms with E-state index in [0.717, 1.165) is 19.4 Å². The van der Waals surface area contributed by atoms with Gasteiger partial charge in [0.25, 0.3) is 0 Å². The number of alkyl halides is 3. The Morgan fingerprint density at radius 2 is 2.03 bits per heavy atom. The maximum atomic E-state index is 13.3. The maximum absolute atomic E-state index is 13.3. The lowest BCUT2D eigenvalue weighted by Crippen LogP contribution is -2.42.